The Morgan fingerprint density at radius 1 is 1.24 bits per heavy atom. The lowest BCUT2D eigenvalue weighted by Gasteiger charge is -2.33. The maximum atomic E-state index is 5.82. The van der Waals surface area contributed by atoms with Crippen molar-refractivity contribution in [1.82, 2.24) is 5.32 Å². The highest BCUT2D eigenvalue weighted by Gasteiger charge is 2.25. The van der Waals surface area contributed by atoms with E-state index in [-0.39, 0.29) is 0 Å². The van der Waals surface area contributed by atoms with Gasteiger partial charge in [-0.15, -0.1) is 0 Å². The Morgan fingerprint density at radius 2 is 2.00 bits per heavy atom. The predicted molar refractivity (Wildman–Crippen MR) is 75.7 cm³/mol. The summed E-state index contributed by atoms with van der Waals surface area (Å²) in [6.07, 6.45) is 5.70. The molecule has 0 spiro atoms. The Kier molecular flexibility index (Phi) is 5.64. The molecule has 0 bridgehead atoms. The van der Waals surface area contributed by atoms with Crippen LogP contribution in [0.5, 0.6) is 0 Å². The van der Waals surface area contributed by atoms with Gasteiger partial charge in [0.05, 0.1) is 6.10 Å². The molecule has 2 aliphatic heterocycles. The number of hydrogen-bond acceptors (Lipinski definition) is 3. The third kappa shape index (κ3) is 4.46. The van der Waals surface area contributed by atoms with Crippen LogP contribution in [-0.4, -0.2) is 36.8 Å². The first-order valence-corrected chi connectivity index (χ1v) is 8.34. The second-order valence-electron chi connectivity index (χ2n) is 5.84. The lowest BCUT2D eigenvalue weighted by molar-refractivity contribution is -0.0248. The average molecular weight is 257 g/mol. The molecule has 3 heteroatoms. The molecule has 2 rings (SSSR count). The molecule has 2 heterocycles. The van der Waals surface area contributed by atoms with Crippen LogP contribution in [-0.2, 0) is 4.74 Å². The summed E-state index contributed by atoms with van der Waals surface area (Å²) in [5.74, 6) is 4.33. The van der Waals surface area contributed by atoms with Gasteiger partial charge in [-0.1, -0.05) is 13.8 Å². The molecule has 0 aromatic heterocycles. The Bertz CT molecular complexity index is 216. The first kappa shape index (κ1) is 13.7. The molecule has 0 amide bonds. The third-order valence-electron chi connectivity index (χ3n) is 4.09. The lowest BCUT2D eigenvalue weighted by atomic mass is 9.94. The van der Waals surface area contributed by atoms with Gasteiger partial charge in [0, 0.05) is 12.6 Å². The van der Waals surface area contributed by atoms with Crippen LogP contribution in [0.2, 0.25) is 0 Å². The average Bonchev–Trinajstić information content (AvgIpc) is 2.38. The maximum absolute atomic E-state index is 5.82. The second kappa shape index (κ2) is 7.01. The summed E-state index contributed by atoms with van der Waals surface area (Å²) >= 11 is 2.12. The maximum Gasteiger partial charge on any atom is 0.0612 e. The van der Waals surface area contributed by atoms with E-state index in [9.17, 15) is 0 Å². The molecule has 100 valence electrons. The number of nitrogens with one attached hydrogen (secondary N) is 1. The molecular formula is C14H27NOS. The highest BCUT2D eigenvalue weighted by atomic mass is 32.2. The molecule has 2 atom stereocenters. The molecule has 17 heavy (non-hydrogen) atoms. The number of thioether (sulfide) groups is 1. The normalized spacial score (nSPS) is 31.9. The van der Waals surface area contributed by atoms with Gasteiger partial charge in [0.25, 0.3) is 0 Å². The fourth-order valence-electron chi connectivity index (χ4n) is 2.76. The summed E-state index contributed by atoms with van der Waals surface area (Å²) in [5, 5.41) is 3.79. The van der Waals surface area contributed by atoms with Gasteiger partial charge in [0.1, 0.15) is 0 Å². The van der Waals surface area contributed by atoms with E-state index in [1.165, 1.54) is 43.7 Å². The smallest absolute Gasteiger partial charge is 0.0612 e. The Labute approximate surface area is 110 Å². The molecular weight excluding hydrogens is 230 g/mol. The minimum atomic E-state index is 0.475. The molecule has 0 saturated carbocycles. The summed E-state index contributed by atoms with van der Waals surface area (Å²) in [4.78, 5) is 0. The fourth-order valence-corrected chi connectivity index (χ4v) is 3.97. The van der Waals surface area contributed by atoms with Crippen LogP contribution in [0.25, 0.3) is 0 Å². The van der Waals surface area contributed by atoms with Crippen molar-refractivity contribution in [2.45, 2.75) is 51.7 Å². The van der Waals surface area contributed by atoms with E-state index in [1.807, 2.05) is 0 Å². The van der Waals surface area contributed by atoms with Crippen molar-refractivity contribution in [2.24, 2.45) is 11.8 Å². The number of hydrogen-bond donors (Lipinski definition) is 1. The first-order chi connectivity index (χ1) is 8.25. The van der Waals surface area contributed by atoms with Crippen LogP contribution in [0, 0.1) is 11.8 Å². The van der Waals surface area contributed by atoms with Gasteiger partial charge in [0.2, 0.25) is 0 Å². The molecule has 0 aromatic carbocycles. The highest BCUT2D eigenvalue weighted by Crippen LogP contribution is 2.24. The largest absolute Gasteiger partial charge is 0.378 e. The van der Waals surface area contributed by atoms with E-state index < -0.39 is 0 Å². The van der Waals surface area contributed by atoms with Crippen LogP contribution in [0.3, 0.4) is 0 Å². The van der Waals surface area contributed by atoms with E-state index in [0.717, 1.165) is 12.5 Å². The fraction of sp³-hybridized carbons (Fsp3) is 1.00. The van der Waals surface area contributed by atoms with Crippen LogP contribution in [0.4, 0.5) is 0 Å². The zero-order chi connectivity index (χ0) is 12.1. The summed E-state index contributed by atoms with van der Waals surface area (Å²) < 4.78 is 5.82. The van der Waals surface area contributed by atoms with Crippen molar-refractivity contribution in [3.63, 3.8) is 0 Å². The van der Waals surface area contributed by atoms with Crippen LogP contribution in [0.1, 0.15) is 39.5 Å². The number of ether oxygens (including phenoxy) is 1. The molecule has 0 radical (unpaired) electrons. The minimum absolute atomic E-state index is 0.475. The second-order valence-corrected chi connectivity index (χ2v) is 7.06. The van der Waals surface area contributed by atoms with Crippen molar-refractivity contribution >= 4 is 11.8 Å². The van der Waals surface area contributed by atoms with E-state index in [1.54, 1.807) is 0 Å². The van der Waals surface area contributed by atoms with E-state index in [0.29, 0.717) is 18.1 Å². The molecule has 2 fully saturated rings. The van der Waals surface area contributed by atoms with Crippen LogP contribution in [0.15, 0.2) is 0 Å². The Morgan fingerprint density at radius 3 is 2.71 bits per heavy atom. The summed E-state index contributed by atoms with van der Waals surface area (Å²) in [6.45, 7) is 6.72. The standard InChI is InChI=1S/C14H27NOS/c1-11(2)14-9-13(3-6-16-14)15-10-12-4-7-17-8-5-12/h11-15H,3-10H2,1-2H3. The summed E-state index contributed by atoms with van der Waals surface area (Å²) in [5.41, 5.74) is 0. The first-order valence-electron chi connectivity index (χ1n) is 7.18. The zero-order valence-corrected chi connectivity index (χ0v) is 12.1. The van der Waals surface area contributed by atoms with Crippen molar-refractivity contribution < 1.29 is 4.74 Å². The van der Waals surface area contributed by atoms with Crippen molar-refractivity contribution in [2.75, 3.05) is 24.7 Å². The Hall–Kier alpha value is 0.270. The van der Waals surface area contributed by atoms with Crippen molar-refractivity contribution in [3.05, 3.63) is 0 Å². The monoisotopic (exact) mass is 257 g/mol. The van der Waals surface area contributed by atoms with E-state index in [4.69, 9.17) is 4.74 Å². The van der Waals surface area contributed by atoms with Gasteiger partial charge in [-0.05, 0) is 55.6 Å². The van der Waals surface area contributed by atoms with Gasteiger partial charge < -0.3 is 10.1 Å². The van der Waals surface area contributed by atoms with Crippen LogP contribution >= 0.6 is 11.8 Å². The highest BCUT2D eigenvalue weighted by molar-refractivity contribution is 7.99. The van der Waals surface area contributed by atoms with Crippen molar-refractivity contribution in [3.8, 4) is 0 Å². The van der Waals surface area contributed by atoms with Gasteiger partial charge in [-0.25, -0.2) is 0 Å². The zero-order valence-electron chi connectivity index (χ0n) is 11.3. The van der Waals surface area contributed by atoms with Gasteiger partial charge in [-0.2, -0.15) is 11.8 Å². The molecule has 2 nitrogen and oxygen atoms in total. The third-order valence-corrected chi connectivity index (χ3v) is 5.14. The molecule has 2 aliphatic rings. The minimum Gasteiger partial charge on any atom is -0.378 e. The topological polar surface area (TPSA) is 21.3 Å². The molecule has 0 aliphatic carbocycles. The predicted octanol–water partition coefficient (Wildman–Crippen LogP) is 2.92. The lowest BCUT2D eigenvalue weighted by Crippen LogP contribution is -2.42. The summed E-state index contributed by atoms with van der Waals surface area (Å²) in [6, 6.07) is 0.700. The van der Waals surface area contributed by atoms with E-state index in [2.05, 4.69) is 30.9 Å². The van der Waals surface area contributed by atoms with Gasteiger partial charge in [0.15, 0.2) is 0 Å². The van der Waals surface area contributed by atoms with Crippen molar-refractivity contribution in [1.29, 1.82) is 0 Å². The number of rotatable bonds is 4. The van der Waals surface area contributed by atoms with Gasteiger partial charge in [-0.3, -0.25) is 0 Å². The van der Waals surface area contributed by atoms with Gasteiger partial charge >= 0.3 is 0 Å². The van der Waals surface area contributed by atoms with E-state index >= 15 is 0 Å². The molecule has 2 unspecified atom stereocenters. The molecule has 1 N–H and O–H groups in total. The quantitative estimate of drug-likeness (QED) is 0.837. The summed E-state index contributed by atoms with van der Waals surface area (Å²) in [7, 11) is 0. The molecule has 0 aromatic rings. The SMILES string of the molecule is CC(C)C1CC(NCC2CCSCC2)CCO1. The molecule has 2 saturated heterocycles. The Balaban J connectivity index is 1.67. The van der Waals surface area contributed by atoms with Crippen LogP contribution < -0.4 is 5.32 Å².